The molecule has 1 saturated heterocycles. The van der Waals surface area contributed by atoms with E-state index < -0.39 is 18.1 Å². The number of aliphatic hydroxyl groups excluding tert-OH is 1. The molecule has 162 valence electrons. The molecule has 0 unspecified atom stereocenters. The molecule has 0 amide bonds. The average molecular weight is 415 g/mol. The third kappa shape index (κ3) is 2.94. The number of nitrogens with one attached hydrogen (secondary N) is 1. The number of aliphatic hydroxyl groups is 1. The van der Waals surface area contributed by atoms with E-state index in [0.717, 1.165) is 37.2 Å². The number of hydrogen-bond acceptors (Lipinski definition) is 6. The highest BCUT2D eigenvalue weighted by Gasteiger charge is 2.53. The second-order valence-corrected chi connectivity index (χ2v) is 8.90. The molecule has 1 aromatic carbocycles. The van der Waals surface area contributed by atoms with Crippen LogP contribution in [0.25, 0.3) is 10.9 Å². The topological polar surface area (TPSA) is 84.0 Å². The Morgan fingerprint density at radius 3 is 2.80 bits per heavy atom. The molecule has 3 heterocycles. The Hall–Kier alpha value is -2.09. The van der Waals surface area contributed by atoms with Gasteiger partial charge in [0.15, 0.2) is 0 Å². The van der Waals surface area contributed by atoms with Crippen LogP contribution in [0, 0.1) is 17.8 Å². The van der Waals surface area contributed by atoms with Gasteiger partial charge in [-0.05, 0) is 48.8 Å². The van der Waals surface area contributed by atoms with Gasteiger partial charge in [0.2, 0.25) is 0 Å². The van der Waals surface area contributed by atoms with Gasteiger partial charge in [-0.3, -0.25) is 9.69 Å². The SMILES string of the molecule is COC(=O)[C@H]1[C@@H]2C[C@H]3c4[nH]c5cc(OC)ccc5c4CCN3C[C@@H]2C[C@@H](O)[C@@H]1OC. The molecule has 0 radical (unpaired) electrons. The number of carbonyl (C=O) groups excluding carboxylic acids is 1. The number of carbonyl (C=O) groups is 1. The highest BCUT2D eigenvalue weighted by molar-refractivity contribution is 5.86. The van der Waals surface area contributed by atoms with Crippen molar-refractivity contribution in [1.29, 1.82) is 0 Å². The molecule has 2 aliphatic heterocycles. The Labute approximate surface area is 176 Å². The summed E-state index contributed by atoms with van der Waals surface area (Å²) >= 11 is 0. The Bertz CT molecular complexity index is 956. The van der Waals surface area contributed by atoms with Crippen molar-refractivity contribution in [3.05, 3.63) is 29.5 Å². The van der Waals surface area contributed by atoms with Gasteiger partial charge in [-0.1, -0.05) is 0 Å². The van der Waals surface area contributed by atoms with E-state index in [1.54, 1.807) is 14.2 Å². The van der Waals surface area contributed by atoms with Gasteiger partial charge < -0.3 is 24.3 Å². The summed E-state index contributed by atoms with van der Waals surface area (Å²) in [6.07, 6.45) is 1.36. The van der Waals surface area contributed by atoms with Crippen molar-refractivity contribution in [2.24, 2.45) is 17.8 Å². The van der Waals surface area contributed by atoms with Crippen molar-refractivity contribution in [1.82, 2.24) is 9.88 Å². The average Bonchev–Trinajstić information content (AvgIpc) is 3.14. The Balaban J connectivity index is 1.52. The van der Waals surface area contributed by atoms with Gasteiger partial charge in [-0.15, -0.1) is 0 Å². The summed E-state index contributed by atoms with van der Waals surface area (Å²) in [5.41, 5.74) is 3.73. The molecule has 2 fully saturated rings. The number of rotatable bonds is 3. The fraction of sp³-hybridized carbons (Fsp3) is 0.609. The molecule has 3 aliphatic rings. The summed E-state index contributed by atoms with van der Waals surface area (Å²) in [6, 6.07) is 6.44. The van der Waals surface area contributed by atoms with Crippen molar-refractivity contribution >= 4 is 16.9 Å². The number of nitrogens with zero attached hydrogens (tertiary/aromatic N) is 1. The number of methoxy groups -OCH3 is 3. The molecule has 7 heteroatoms. The molecule has 30 heavy (non-hydrogen) atoms. The molecule has 0 spiro atoms. The first-order chi connectivity index (χ1) is 14.5. The summed E-state index contributed by atoms with van der Waals surface area (Å²) in [7, 11) is 4.68. The molecular formula is C23H30N2O5. The van der Waals surface area contributed by atoms with E-state index >= 15 is 0 Å². The normalized spacial score (nSPS) is 33.5. The lowest BCUT2D eigenvalue weighted by atomic mass is 9.64. The maximum atomic E-state index is 12.7. The van der Waals surface area contributed by atoms with E-state index in [1.165, 1.54) is 23.8 Å². The molecule has 2 N–H and O–H groups in total. The number of piperidine rings is 1. The van der Waals surface area contributed by atoms with Gasteiger partial charge in [-0.2, -0.15) is 0 Å². The monoisotopic (exact) mass is 414 g/mol. The van der Waals surface area contributed by atoms with Crippen molar-refractivity contribution < 1.29 is 24.1 Å². The number of ether oxygens (including phenoxy) is 3. The number of hydrogen-bond donors (Lipinski definition) is 2. The number of benzene rings is 1. The fourth-order valence-electron chi connectivity index (χ4n) is 6.27. The number of fused-ring (bicyclic) bond motifs is 6. The minimum atomic E-state index is -0.641. The summed E-state index contributed by atoms with van der Waals surface area (Å²) in [5.74, 6) is 0.514. The zero-order valence-electron chi connectivity index (χ0n) is 17.8. The van der Waals surface area contributed by atoms with Crippen LogP contribution in [0.3, 0.4) is 0 Å². The van der Waals surface area contributed by atoms with Crippen LogP contribution >= 0.6 is 0 Å². The second-order valence-electron chi connectivity index (χ2n) is 8.90. The molecule has 1 saturated carbocycles. The first kappa shape index (κ1) is 19.8. The largest absolute Gasteiger partial charge is 0.497 e. The molecule has 5 rings (SSSR count). The minimum absolute atomic E-state index is 0.124. The van der Waals surface area contributed by atoms with Crippen LogP contribution in [0.1, 0.15) is 30.1 Å². The van der Waals surface area contributed by atoms with Crippen molar-refractivity contribution in [2.75, 3.05) is 34.4 Å². The van der Waals surface area contributed by atoms with Gasteiger partial charge in [0.1, 0.15) is 5.75 Å². The number of esters is 1. The zero-order valence-corrected chi connectivity index (χ0v) is 17.8. The zero-order chi connectivity index (χ0) is 21.0. The minimum Gasteiger partial charge on any atom is -0.497 e. The Kier molecular flexibility index (Phi) is 5.00. The Morgan fingerprint density at radius 1 is 1.23 bits per heavy atom. The van der Waals surface area contributed by atoms with Gasteiger partial charge in [0.05, 0.1) is 38.4 Å². The van der Waals surface area contributed by atoms with Crippen LogP contribution in [-0.4, -0.2) is 67.6 Å². The molecule has 2 aromatic rings. The summed E-state index contributed by atoms with van der Waals surface area (Å²) < 4.78 is 16.1. The summed E-state index contributed by atoms with van der Waals surface area (Å²) in [6.45, 7) is 1.88. The van der Waals surface area contributed by atoms with Crippen LogP contribution in [0.2, 0.25) is 0 Å². The van der Waals surface area contributed by atoms with E-state index in [1.807, 2.05) is 6.07 Å². The smallest absolute Gasteiger partial charge is 0.311 e. The van der Waals surface area contributed by atoms with Gasteiger partial charge in [0, 0.05) is 42.9 Å². The Morgan fingerprint density at radius 2 is 2.07 bits per heavy atom. The van der Waals surface area contributed by atoms with E-state index in [2.05, 4.69) is 22.0 Å². The lowest BCUT2D eigenvalue weighted by molar-refractivity contribution is -0.175. The van der Waals surface area contributed by atoms with Crippen LogP contribution in [0.15, 0.2) is 18.2 Å². The summed E-state index contributed by atoms with van der Waals surface area (Å²) in [5, 5.41) is 11.9. The standard InChI is InChI=1S/C23H30N2O5/c1-28-13-4-5-14-15-6-7-25-11-12-8-19(26)22(29-2)20(23(27)30-3)16(12)10-18(25)21(15)24-17(14)9-13/h4-5,9,12,16,18-20,22,24,26H,6-8,10-11H2,1-3H3/t12-,16+,18-,19+,20-,22-/m0/s1. The number of aromatic amines is 1. The maximum absolute atomic E-state index is 12.7. The van der Waals surface area contributed by atoms with E-state index in [-0.39, 0.29) is 23.8 Å². The highest BCUT2D eigenvalue weighted by atomic mass is 16.5. The van der Waals surface area contributed by atoms with E-state index in [9.17, 15) is 9.90 Å². The molecular weight excluding hydrogens is 384 g/mol. The molecule has 1 aliphatic carbocycles. The third-order valence-corrected chi connectivity index (χ3v) is 7.62. The molecule has 1 aromatic heterocycles. The first-order valence-corrected chi connectivity index (χ1v) is 10.8. The lowest BCUT2D eigenvalue weighted by Gasteiger charge is -2.52. The van der Waals surface area contributed by atoms with Crippen LogP contribution in [0.5, 0.6) is 5.75 Å². The molecule has 0 bridgehead atoms. The predicted octanol–water partition coefficient (Wildman–Crippen LogP) is 2.28. The van der Waals surface area contributed by atoms with Gasteiger partial charge in [-0.25, -0.2) is 0 Å². The quantitative estimate of drug-likeness (QED) is 0.750. The first-order valence-electron chi connectivity index (χ1n) is 10.8. The fourth-order valence-corrected chi connectivity index (χ4v) is 6.27. The van der Waals surface area contributed by atoms with Crippen LogP contribution in [0.4, 0.5) is 0 Å². The van der Waals surface area contributed by atoms with Crippen molar-refractivity contribution in [3.63, 3.8) is 0 Å². The van der Waals surface area contributed by atoms with Crippen LogP contribution < -0.4 is 4.74 Å². The summed E-state index contributed by atoms with van der Waals surface area (Å²) in [4.78, 5) is 18.9. The highest BCUT2D eigenvalue weighted by Crippen LogP contribution is 2.50. The van der Waals surface area contributed by atoms with Gasteiger partial charge >= 0.3 is 5.97 Å². The second kappa shape index (κ2) is 7.55. The third-order valence-electron chi connectivity index (χ3n) is 7.62. The molecule has 6 atom stereocenters. The lowest BCUT2D eigenvalue weighted by Crippen LogP contribution is -2.57. The van der Waals surface area contributed by atoms with Crippen molar-refractivity contribution in [2.45, 2.75) is 37.5 Å². The van der Waals surface area contributed by atoms with E-state index in [4.69, 9.17) is 14.2 Å². The predicted molar refractivity (Wildman–Crippen MR) is 111 cm³/mol. The van der Waals surface area contributed by atoms with Crippen LogP contribution in [-0.2, 0) is 20.7 Å². The maximum Gasteiger partial charge on any atom is 0.311 e. The number of aromatic nitrogens is 1. The number of H-pyrrole nitrogens is 1. The van der Waals surface area contributed by atoms with Gasteiger partial charge in [0.25, 0.3) is 0 Å². The molecule has 7 nitrogen and oxygen atoms in total. The van der Waals surface area contributed by atoms with E-state index in [0.29, 0.717) is 6.42 Å². The van der Waals surface area contributed by atoms with Crippen molar-refractivity contribution in [3.8, 4) is 5.75 Å².